The monoisotopic (exact) mass is 306 g/mol. The molecule has 0 N–H and O–H groups in total. The summed E-state index contributed by atoms with van der Waals surface area (Å²) in [5, 5.41) is 0. The van der Waals surface area contributed by atoms with Gasteiger partial charge in [0.05, 0.1) is 22.8 Å². The summed E-state index contributed by atoms with van der Waals surface area (Å²) in [5.41, 5.74) is 2.38. The van der Waals surface area contributed by atoms with Gasteiger partial charge < -0.3 is 4.74 Å². The number of ether oxygens (including phenoxy) is 1. The molecule has 21 heavy (non-hydrogen) atoms. The molecule has 1 aliphatic rings. The van der Waals surface area contributed by atoms with Gasteiger partial charge in [0.2, 0.25) is 0 Å². The number of sulfone groups is 1. The maximum Gasteiger partial charge on any atom is 0.338 e. The highest BCUT2D eigenvalue weighted by molar-refractivity contribution is 7.91. The highest BCUT2D eigenvalue weighted by Crippen LogP contribution is 2.34. The molecule has 4 nitrogen and oxygen atoms in total. The Morgan fingerprint density at radius 2 is 2.14 bits per heavy atom. The third kappa shape index (κ3) is 3.08. The molecule has 0 aliphatic carbocycles. The molecule has 0 fully saturated rings. The van der Waals surface area contributed by atoms with Crippen molar-refractivity contribution in [3.63, 3.8) is 0 Å². The van der Waals surface area contributed by atoms with E-state index in [0.29, 0.717) is 24.0 Å². The number of fused-ring (bicyclic) bond motifs is 1. The summed E-state index contributed by atoms with van der Waals surface area (Å²) in [6.45, 7) is 9.46. The van der Waals surface area contributed by atoms with Crippen LogP contribution in [0.1, 0.15) is 34.3 Å². The Labute approximate surface area is 125 Å². The SMILES string of the molecule is C=CCCOC(=O)c1cc2c(cc1C)C(=C)CCS2(=O)=O. The predicted molar refractivity (Wildman–Crippen MR) is 82.0 cm³/mol. The van der Waals surface area contributed by atoms with Crippen LogP contribution in [-0.4, -0.2) is 26.7 Å². The van der Waals surface area contributed by atoms with Gasteiger partial charge in [-0.1, -0.05) is 12.7 Å². The third-order valence-electron chi connectivity index (χ3n) is 3.49. The fraction of sp³-hybridized carbons (Fsp3) is 0.312. The molecule has 1 aromatic rings. The number of rotatable bonds is 4. The summed E-state index contributed by atoms with van der Waals surface area (Å²) in [7, 11) is -3.36. The largest absolute Gasteiger partial charge is 0.462 e. The van der Waals surface area contributed by atoms with E-state index in [1.165, 1.54) is 6.07 Å². The van der Waals surface area contributed by atoms with Gasteiger partial charge in [-0.3, -0.25) is 0 Å². The molecule has 0 amide bonds. The molecule has 0 aromatic heterocycles. The van der Waals surface area contributed by atoms with Gasteiger partial charge >= 0.3 is 5.97 Å². The van der Waals surface area contributed by atoms with Crippen LogP contribution < -0.4 is 0 Å². The van der Waals surface area contributed by atoms with Gasteiger partial charge in [-0.05, 0) is 48.6 Å². The Balaban J connectivity index is 2.44. The Bertz CT molecular complexity index is 714. The van der Waals surface area contributed by atoms with Crippen LogP contribution in [0, 0.1) is 6.92 Å². The van der Waals surface area contributed by atoms with Crippen LogP contribution in [0.25, 0.3) is 5.57 Å². The molecule has 2 rings (SSSR count). The van der Waals surface area contributed by atoms with Gasteiger partial charge in [0.25, 0.3) is 0 Å². The van der Waals surface area contributed by atoms with E-state index in [1.807, 2.05) is 0 Å². The zero-order valence-electron chi connectivity index (χ0n) is 12.0. The summed E-state index contributed by atoms with van der Waals surface area (Å²) in [5.74, 6) is -0.476. The molecule has 0 atom stereocenters. The van der Waals surface area contributed by atoms with Gasteiger partial charge in [0, 0.05) is 0 Å². The van der Waals surface area contributed by atoms with Crippen molar-refractivity contribution in [1.82, 2.24) is 0 Å². The average molecular weight is 306 g/mol. The molecule has 0 spiro atoms. The maximum absolute atomic E-state index is 12.2. The maximum atomic E-state index is 12.2. The number of aryl methyl sites for hydroxylation is 1. The minimum atomic E-state index is -3.36. The van der Waals surface area contributed by atoms with Crippen LogP contribution in [0.4, 0.5) is 0 Å². The standard InChI is InChI=1S/C16H18O4S/c1-4-5-7-20-16(17)14-10-15-13(9-12(14)3)11(2)6-8-21(15,18)19/h4,9-10H,1-2,5-8H2,3H3. The fourth-order valence-corrected chi connectivity index (χ4v) is 3.83. The number of hydrogen-bond donors (Lipinski definition) is 0. The minimum absolute atomic E-state index is 0.0346. The Hall–Kier alpha value is -1.88. The van der Waals surface area contributed by atoms with E-state index in [4.69, 9.17) is 4.74 Å². The van der Waals surface area contributed by atoms with Crippen LogP contribution in [0.3, 0.4) is 0 Å². The topological polar surface area (TPSA) is 60.4 Å². The molecule has 0 saturated heterocycles. The van der Waals surface area contributed by atoms with Gasteiger partial charge in [-0.2, -0.15) is 0 Å². The van der Waals surface area contributed by atoms with Crippen LogP contribution in [0.2, 0.25) is 0 Å². The molecule has 0 bridgehead atoms. The number of allylic oxidation sites excluding steroid dienone is 1. The van der Waals surface area contributed by atoms with Crippen LogP contribution in [0.15, 0.2) is 36.3 Å². The van der Waals surface area contributed by atoms with Crippen molar-refractivity contribution in [3.8, 4) is 0 Å². The zero-order valence-corrected chi connectivity index (χ0v) is 12.8. The van der Waals surface area contributed by atoms with E-state index < -0.39 is 15.8 Å². The molecule has 0 unspecified atom stereocenters. The summed E-state index contributed by atoms with van der Waals surface area (Å²) in [6, 6.07) is 3.12. The summed E-state index contributed by atoms with van der Waals surface area (Å²) in [6.07, 6.45) is 2.64. The second-order valence-corrected chi connectivity index (χ2v) is 7.13. The van der Waals surface area contributed by atoms with E-state index in [1.54, 1.807) is 19.1 Å². The first kappa shape index (κ1) is 15.5. The van der Waals surface area contributed by atoms with E-state index in [0.717, 1.165) is 5.57 Å². The first-order valence-corrected chi connectivity index (χ1v) is 8.35. The van der Waals surface area contributed by atoms with E-state index in [-0.39, 0.29) is 22.8 Å². The third-order valence-corrected chi connectivity index (χ3v) is 5.24. The second kappa shape index (κ2) is 5.85. The molecular weight excluding hydrogens is 288 g/mol. The Morgan fingerprint density at radius 3 is 2.81 bits per heavy atom. The lowest BCUT2D eigenvalue weighted by Gasteiger charge is -2.20. The molecule has 112 valence electrons. The smallest absolute Gasteiger partial charge is 0.338 e. The van der Waals surface area contributed by atoms with Crippen molar-refractivity contribution in [2.45, 2.75) is 24.7 Å². The van der Waals surface area contributed by atoms with E-state index in [9.17, 15) is 13.2 Å². The number of benzene rings is 1. The first-order chi connectivity index (χ1) is 9.86. The van der Waals surface area contributed by atoms with Crippen molar-refractivity contribution in [1.29, 1.82) is 0 Å². The van der Waals surface area contributed by atoms with Crippen molar-refractivity contribution >= 4 is 21.4 Å². The van der Waals surface area contributed by atoms with Crippen LogP contribution >= 0.6 is 0 Å². The normalized spacial score (nSPS) is 16.1. The average Bonchev–Trinajstić information content (AvgIpc) is 2.43. The first-order valence-electron chi connectivity index (χ1n) is 6.70. The quantitative estimate of drug-likeness (QED) is 0.487. The lowest BCUT2D eigenvalue weighted by Crippen LogP contribution is -2.17. The van der Waals surface area contributed by atoms with Gasteiger partial charge in [-0.15, -0.1) is 6.58 Å². The van der Waals surface area contributed by atoms with Gasteiger partial charge in [0.15, 0.2) is 9.84 Å². The number of hydrogen-bond acceptors (Lipinski definition) is 4. The van der Waals surface area contributed by atoms with Crippen LogP contribution in [-0.2, 0) is 14.6 Å². The molecule has 1 aromatic carbocycles. The fourth-order valence-electron chi connectivity index (χ4n) is 2.26. The highest BCUT2D eigenvalue weighted by Gasteiger charge is 2.28. The molecule has 1 aliphatic heterocycles. The van der Waals surface area contributed by atoms with Crippen molar-refractivity contribution in [3.05, 3.63) is 48.1 Å². The second-order valence-electron chi connectivity index (χ2n) is 5.05. The van der Waals surface area contributed by atoms with Crippen molar-refractivity contribution < 1.29 is 17.9 Å². The van der Waals surface area contributed by atoms with Gasteiger partial charge in [-0.25, -0.2) is 13.2 Å². The molecule has 0 radical (unpaired) electrons. The molecule has 1 heterocycles. The van der Waals surface area contributed by atoms with Crippen molar-refractivity contribution in [2.24, 2.45) is 0 Å². The van der Waals surface area contributed by atoms with Gasteiger partial charge in [0.1, 0.15) is 0 Å². The summed E-state index contributed by atoms with van der Waals surface area (Å²) in [4.78, 5) is 12.2. The van der Waals surface area contributed by atoms with E-state index in [2.05, 4.69) is 13.2 Å². The van der Waals surface area contributed by atoms with Crippen LogP contribution in [0.5, 0.6) is 0 Å². The summed E-state index contributed by atoms with van der Waals surface area (Å²) >= 11 is 0. The molecule has 0 saturated carbocycles. The minimum Gasteiger partial charge on any atom is -0.462 e. The highest BCUT2D eigenvalue weighted by atomic mass is 32.2. The lowest BCUT2D eigenvalue weighted by molar-refractivity contribution is 0.0510. The number of carbonyl (C=O) groups is 1. The number of carbonyl (C=O) groups excluding carboxylic acids is 1. The Morgan fingerprint density at radius 1 is 1.43 bits per heavy atom. The summed E-state index contributed by atoms with van der Waals surface area (Å²) < 4.78 is 29.4. The molecular formula is C16H18O4S. The number of esters is 1. The molecule has 5 heteroatoms. The lowest BCUT2D eigenvalue weighted by atomic mass is 9.99. The van der Waals surface area contributed by atoms with E-state index >= 15 is 0 Å². The predicted octanol–water partition coefficient (Wildman–Crippen LogP) is 2.92. The van der Waals surface area contributed by atoms with Crippen molar-refractivity contribution in [2.75, 3.05) is 12.4 Å². The Kier molecular flexibility index (Phi) is 4.32. The zero-order chi connectivity index (χ0) is 15.6.